The summed E-state index contributed by atoms with van der Waals surface area (Å²) in [4.78, 5) is 30.4. The molecule has 1 aromatic carbocycles. The number of ether oxygens (including phenoxy) is 1. The highest BCUT2D eigenvalue weighted by molar-refractivity contribution is 5.88. The highest BCUT2D eigenvalue weighted by atomic mass is 16.5. The van der Waals surface area contributed by atoms with E-state index < -0.39 is 0 Å². The first kappa shape index (κ1) is 23.9. The molecule has 0 N–H and O–H groups in total. The van der Waals surface area contributed by atoms with Gasteiger partial charge in [-0.1, -0.05) is 25.1 Å². The van der Waals surface area contributed by atoms with Gasteiger partial charge in [-0.3, -0.25) is 14.5 Å². The van der Waals surface area contributed by atoms with E-state index >= 15 is 0 Å². The molecule has 2 rings (SSSR count). The molecule has 1 aliphatic rings. The zero-order chi connectivity index (χ0) is 22.1. The summed E-state index contributed by atoms with van der Waals surface area (Å²) in [5.74, 6) is 1.13. The summed E-state index contributed by atoms with van der Waals surface area (Å²) in [6, 6.07) is 8.56. The lowest BCUT2D eigenvalue weighted by atomic mass is 9.95. The molecule has 1 unspecified atom stereocenters. The van der Waals surface area contributed by atoms with E-state index in [2.05, 4.69) is 30.9 Å². The van der Waals surface area contributed by atoms with Gasteiger partial charge in [-0.25, -0.2) is 0 Å². The average Bonchev–Trinajstić information content (AvgIpc) is 2.76. The molecular weight excluding hydrogens is 378 g/mol. The lowest BCUT2D eigenvalue weighted by molar-refractivity contribution is -0.137. The van der Waals surface area contributed by atoms with Crippen LogP contribution in [-0.4, -0.2) is 79.9 Å². The van der Waals surface area contributed by atoms with E-state index in [1.165, 1.54) is 5.56 Å². The van der Waals surface area contributed by atoms with Crippen molar-refractivity contribution in [1.29, 1.82) is 0 Å². The molecule has 6 heteroatoms. The van der Waals surface area contributed by atoms with Crippen molar-refractivity contribution in [3.63, 3.8) is 0 Å². The van der Waals surface area contributed by atoms with Crippen LogP contribution in [0.5, 0.6) is 5.75 Å². The maximum atomic E-state index is 12.5. The molecule has 1 heterocycles. The molecular formula is C24H37N3O3. The molecule has 1 aromatic rings. The van der Waals surface area contributed by atoms with Crippen LogP contribution in [0.15, 0.2) is 36.4 Å². The predicted octanol–water partition coefficient (Wildman–Crippen LogP) is 2.83. The SMILES string of the molecule is CCN(CC=CC(=O)N1CCC(C(=O)N(C)C)CC1)C(C)Cc1ccc(OC)cc1. The summed E-state index contributed by atoms with van der Waals surface area (Å²) < 4.78 is 5.22. The molecule has 166 valence electrons. The van der Waals surface area contributed by atoms with Crippen molar-refractivity contribution in [3.05, 3.63) is 42.0 Å². The van der Waals surface area contributed by atoms with Gasteiger partial charge in [-0.15, -0.1) is 0 Å². The Labute approximate surface area is 181 Å². The molecule has 2 amide bonds. The van der Waals surface area contributed by atoms with Crippen LogP contribution in [0.4, 0.5) is 0 Å². The molecule has 0 aromatic heterocycles. The van der Waals surface area contributed by atoms with Crippen molar-refractivity contribution in [1.82, 2.24) is 14.7 Å². The van der Waals surface area contributed by atoms with Crippen LogP contribution in [-0.2, 0) is 16.0 Å². The number of benzene rings is 1. The molecule has 0 spiro atoms. The molecule has 0 bridgehead atoms. The number of rotatable bonds is 9. The number of piperidine rings is 1. The van der Waals surface area contributed by atoms with Crippen LogP contribution in [0.1, 0.15) is 32.3 Å². The number of amides is 2. The first-order chi connectivity index (χ1) is 14.3. The summed E-state index contributed by atoms with van der Waals surface area (Å²) in [6.07, 6.45) is 6.10. The Hall–Kier alpha value is -2.34. The van der Waals surface area contributed by atoms with Gasteiger partial charge in [-0.05, 0) is 50.4 Å². The van der Waals surface area contributed by atoms with E-state index in [9.17, 15) is 9.59 Å². The van der Waals surface area contributed by atoms with E-state index in [4.69, 9.17) is 4.74 Å². The molecule has 1 saturated heterocycles. The predicted molar refractivity (Wildman–Crippen MR) is 121 cm³/mol. The maximum absolute atomic E-state index is 12.5. The van der Waals surface area contributed by atoms with Crippen LogP contribution >= 0.6 is 0 Å². The minimum atomic E-state index is 0.0439. The summed E-state index contributed by atoms with van der Waals surface area (Å²) in [7, 11) is 5.26. The molecule has 1 atom stereocenters. The third kappa shape index (κ3) is 6.87. The zero-order valence-electron chi connectivity index (χ0n) is 19.1. The zero-order valence-corrected chi connectivity index (χ0v) is 19.1. The third-order valence-electron chi connectivity index (χ3n) is 5.92. The van der Waals surface area contributed by atoms with Crippen LogP contribution in [0, 0.1) is 5.92 Å². The van der Waals surface area contributed by atoms with E-state index in [1.54, 1.807) is 32.2 Å². The van der Waals surface area contributed by atoms with Gasteiger partial charge in [0, 0.05) is 51.8 Å². The highest BCUT2D eigenvalue weighted by Crippen LogP contribution is 2.19. The Bertz CT molecular complexity index is 707. The Kier molecular flexibility index (Phi) is 9.37. The highest BCUT2D eigenvalue weighted by Gasteiger charge is 2.27. The van der Waals surface area contributed by atoms with Crippen molar-refractivity contribution in [2.24, 2.45) is 5.92 Å². The fourth-order valence-corrected chi connectivity index (χ4v) is 3.96. The molecule has 1 aliphatic heterocycles. The Morgan fingerprint density at radius 3 is 2.37 bits per heavy atom. The van der Waals surface area contributed by atoms with E-state index in [1.807, 2.05) is 23.1 Å². The number of nitrogens with zero attached hydrogens (tertiary/aromatic N) is 3. The van der Waals surface area contributed by atoms with Crippen LogP contribution in [0.2, 0.25) is 0 Å². The maximum Gasteiger partial charge on any atom is 0.246 e. The normalized spacial score (nSPS) is 16.1. The molecule has 0 radical (unpaired) electrons. The lowest BCUT2D eigenvalue weighted by Crippen LogP contribution is -2.42. The number of carbonyl (C=O) groups excluding carboxylic acids is 2. The van der Waals surface area contributed by atoms with Gasteiger partial charge in [0.1, 0.15) is 5.75 Å². The van der Waals surface area contributed by atoms with Crippen molar-refractivity contribution in [3.8, 4) is 5.75 Å². The summed E-state index contributed by atoms with van der Waals surface area (Å²) in [5, 5.41) is 0. The molecule has 1 fully saturated rings. The number of likely N-dealkylation sites (tertiary alicyclic amines) is 1. The van der Waals surface area contributed by atoms with Gasteiger partial charge in [0.25, 0.3) is 0 Å². The van der Waals surface area contributed by atoms with E-state index in [0.717, 1.165) is 38.1 Å². The summed E-state index contributed by atoms with van der Waals surface area (Å²) in [5.41, 5.74) is 1.27. The number of hydrogen-bond acceptors (Lipinski definition) is 4. The van der Waals surface area contributed by atoms with Crippen LogP contribution in [0.25, 0.3) is 0 Å². The van der Waals surface area contributed by atoms with Crippen molar-refractivity contribution in [2.45, 2.75) is 39.2 Å². The number of carbonyl (C=O) groups is 2. The van der Waals surface area contributed by atoms with Gasteiger partial charge < -0.3 is 14.5 Å². The first-order valence-corrected chi connectivity index (χ1v) is 10.9. The van der Waals surface area contributed by atoms with Gasteiger partial charge in [-0.2, -0.15) is 0 Å². The average molecular weight is 416 g/mol. The monoisotopic (exact) mass is 415 g/mol. The number of likely N-dealkylation sites (N-methyl/N-ethyl adjacent to an activating group) is 1. The second-order valence-electron chi connectivity index (χ2n) is 8.22. The second kappa shape index (κ2) is 11.7. The fraction of sp³-hybridized carbons (Fsp3) is 0.583. The summed E-state index contributed by atoms with van der Waals surface area (Å²) >= 11 is 0. The topological polar surface area (TPSA) is 53.1 Å². The molecule has 6 nitrogen and oxygen atoms in total. The van der Waals surface area contributed by atoms with Gasteiger partial charge >= 0.3 is 0 Å². The lowest BCUT2D eigenvalue weighted by Gasteiger charge is -2.32. The molecule has 0 saturated carbocycles. The largest absolute Gasteiger partial charge is 0.497 e. The Morgan fingerprint density at radius 1 is 1.20 bits per heavy atom. The van der Waals surface area contributed by atoms with Crippen LogP contribution in [0.3, 0.4) is 0 Å². The Morgan fingerprint density at radius 2 is 1.83 bits per heavy atom. The van der Waals surface area contributed by atoms with E-state index in [-0.39, 0.29) is 17.7 Å². The van der Waals surface area contributed by atoms with Crippen molar-refractivity contribution < 1.29 is 14.3 Å². The quantitative estimate of drug-likeness (QED) is 0.582. The van der Waals surface area contributed by atoms with Gasteiger partial charge in [0.2, 0.25) is 11.8 Å². The molecule has 30 heavy (non-hydrogen) atoms. The second-order valence-corrected chi connectivity index (χ2v) is 8.22. The Balaban J connectivity index is 1.80. The number of hydrogen-bond donors (Lipinski definition) is 0. The standard InChI is InChI=1S/C24H37N3O3/c1-6-26(19(2)18-20-9-11-22(30-5)12-10-20)15-7-8-23(28)27-16-13-21(14-17-27)24(29)25(3)4/h7-12,19,21H,6,13-18H2,1-5H3. The number of methoxy groups -OCH3 is 1. The minimum absolute atomic E-state index is 0.0439. The minimum Gasteiger partial charge on any atom is -0.497 e. The molecule has 0 aliphatic carbocycles. The van der Waals surface area contributed by atoms with Gasteiger partial charge in [0.05, 0.1) is 7.11 Å². The van der Waals surface area contributed by atoms with Crippen molar-refractivity contribution in [2.75, 3.05) is 47.4 Å². The van der Waals surface area contributed by atoms with Gasteiger partial charge in [0.15, 0.2) is 0 Å². The third-order valence-corrected chi connectivity index (χ3v) is 5.92. The first-order valence-electron chi connectivity index (χ1n) is 10.9. The van der Waals surface area contributed by atoms with E-state index in [0.29, 0.717) is 19.1 Å². The smallest absolute Gasteiger partial charge is 0.246 e. The fourth-order valence-electron chi connectivity index (χ4n) is 3.96. The van der Waals surface area contributed by atoms with Crippen molar-refractivity contribution >= 4 is 11.8 Å². The van der Waals surface area contributed by atoms with Crippen LogP contribution < -0.4 is 4.74 Å². The summed E-state index contributed by atoms with van der Waals surface area (Å²) in [6.45, 7) is 7.34.